The monoisotopic (exact) mass is 343 g/mol. The van der Waals surface area contributed by atoms with Gasteiger partial charge in [0, 0.05) is 37.7 Å². The van der Waals surface area contributed by atoms with Crippen molar-refractivity contribution >= 4 is 28.4 Å². The zero-order valence-corrected chi connectivity index (χ0v) is 13.9. The third-order valence-electron chi connectivity index (χ3n) is 4.48. The minimum atomic E-state index is 0.522. The maximum Gasteiger partial charge on any atom is 0.141 e. The van der Waals surface area contributed by atoms with Crippen LogP contribution in [-0.4, -0.2) is 29.7 Å². The van der Waals surface area contributed by atoms with Gasteiger partial charge in [-0.25, -0.2) is 4.98 Å². The number of hydrogen-bond acceptors (Lipinski definition) is 5. The van der Waals surface area contributed by atoms with Crippen molar-refractivity contribution in [2.45, 2.75) is 12.8 Å². The predicted octanol–water partition coefficient (Wildman–Crippen LogP) is 4.17. The van der Waals surface area contributed by atoms with Crippen molar-refractivity contribution in [2.75, 3.05) is 24.6 Å². The highest BCUT2D eigenvalue weighted by Crippen LogP contribution is 2.29. The summed E-state index contributed by atoms with van der Waals surface area (Å²) in [5.74, 6) is 2.24. The number of pyridine rings is 2. The molecule has 4 rings (SSSR count). The molecular formula is C18H18ClN3O2. The first kappa shape index (κ1) is 15.3. The first-order chi connectivity index (χ1) is 11.8. The Morgan fingerprint density at radius 2 is 2.08 bits per heavy atom. The lowest BCUT2D eigenvalue weighted by atomic mass is 9.97. The third-order valence-corrected chi connectivity index (χ3v) is 4.77. The SMILES string of the molecule is Clc1cnccc1OCC1CCN(c2nccc3occc23)CC1. The van der Waals surface area contributed by atoms with E-state index in [0.29, 0.717) is 23.3 Å². The maximum absolute atomic E-state index is 6.08. The summed E-state index contributed by atoms with van der Waals surface area (Å²) in [5.41, 5.74) is 0.887. The molecule has 1 saturated heterocycles. The standard InChI is InChI=1S/C18H18ClN3O2/c19-15-11-20-6-1-17(15)24-12-13-3-8-22(9-4-13)18-14-5-10-23-16(14)2-7-21-18/h1-2,5-7,10-11,13H,3-4,8-9,12H2. The molecule has 124 valence electrons. The van der Waals surface area contributed by atoms with Crippen LogP contribution in [0, 0.1) is 5.92 Å². The molecule has 1 fully saturated rings. The number of aromatic nitrogens is 2. The Bertz CT molecular complexity index is 828. The van der Waals surface area contributed by atoms with Gasteiger partial charge in [-0.3, -0.25) is 4.98 Å². The van der Waals surface area contributed by atoms with Gasteiger partial charge in [0.25, 0.3) is 0 Å². The molecule has 6 heteroatoms. The van der Waals surface area contributed by atoms with Gasteiger partial charge in [-0.1, -0.05) is 11.6 Å². The minimum Gasteiger partial charge on any atom is -0.492 e. The molecule has 0 radical (unpaired) electrons. The summed E-state index contributed by atoms with van der Waals surface area (Å²) in [4.78, 5) is 10.8. The first-order valence-electron chi connectivity index (χ1n) is 8.11. The minimum absolute atomic E-state index is 0.522. The van der Waals surface area contributed by atoms with E-state index in [1.165, 1.54) is 0 Å². The summed E-state index contributed by atoms with van der Waals surface area (Å²) < 4.78 is 11.3. The van der Waals surface area contributed by atoms with Crippen molar-refractivity contribution in [3.8, 4) is 5.75 Å². The molecule has 0 spiro atoms. The van der Waals surface area contributed by atoms with Crippen molar-refractivity contribution < 1.29 is 9.15 Å². The van der Waals surface area contributed by atoms with Gasteiger partial charge in [0.1, 0.15) is 22.2 Å². The Labute approximate surface area is 145 Å². The van der Waals surface area contributed by atoms with E-state index in [2.05, 4.69) is 14.9 Å². The second kappa shape index (κ2) is 6.69. The van der Waals surface area contributed by atoms with Crippen LogP contribution in [0.15, 0.2) is 47.5 Å². The molecule has 5 nitrogen and oxygen atoms in total. The topological polar surface area (TPSA) is 51.4 Å². The highest BCUT2D eigenvalue weighted by Gasteiger charge is 2.22. The average Bonchev–Trinajstić information content (AvgIpc) is 3.10. The van der Waals surface area contributed by atoms with Crippen molar-refractivity contribution in [3.63, 3.8) is 0 Å². The highest BCUT2D eigenvalue weighted by atomic mass is 35.5. The van der Waals surface area contributed by atoms with Crippen molar-refractivity contribution in [1.29, 1.82) is 0 Å². The Morgan fingerprint density at radius 3 is 2.92 bits per heavy atom. The zero-order valence-electron chi connectivity index (χ0n) is 13.2. The highest BCUT2D eigenvalue weighted by molar-refractivity contribution is 6.31. The van der Waals surface area contributed by atoms with Crippen LogP contribution in [0.5, 0.6) is 5.75 Å². The van der Waals surface area contributed by atoms with Gasteiger partial charge in [-0.15, -0.1) is 0 Å². The van der Waals surface area contributed by atoms with E-state index in [4.69, 9.17) is 20.8 Å². The fourth-order valence-corrected chi connectivity index (χ4v) is 3.30. The molecule has 0 atom stereocenters. The van der Waals surface area contributed by atoms with Gasteiger partial charge < -0.3 is 14.1 Å². The van der Waals surface area contributed by atoms with Crippen LogP contribution in [0.1, 0.15) is 12.8 Å². The van der Waals surface area contributed by atoms with E-state index in [-0.39, 0.29) is 0 Å². The number of nitrogens with zero attached hydrogens (tertiary/aromatic N) is 3. The summed E-state index contributed by atoms with van der Waals surface area (Å²) >= 11 is 6.08. The Hall–Kier alpha value is -2.27. The smallest absolute Gasteiger partial charge is 0.141 e. The quantitative estimate of drug-likeness (QED) is 0.711. The number of hydrogen-bond donors (Lipinski definition) is 0. The van der Waals surface area contributed by atoms with E-state index in [1.54, 1.807) is 24.7 Å². The Morgan fingerprint density at radius 1 is 1.21 bits per heavy atom. The largest absolute Gasteiger partial charge is 0.492 e. The van der Waals surface area contributed by atoms with Crippen molar-refractivity contribution in [3.05, 3.63) is 48.1 Å². The van der Waals surface area contributed by atoms with E-state index < -0.39 is 0 Å². The normalized spacial score (nSPS) is 15.8. The summed E-state index contributed by atoms with van der Waals surface area (Å²) in [6.45, 7) is 2.62. The van der Waals surface area contributed by atoms with Crippen LogP contribution < -0.4 is 9.64 Å². The van der Waals surface area contributed by atoms with Crippen LogP contribution in [0.3, 0.4) is 0 Å². The molecule has 0 aliphatic carbocycles. The van der Waals surface area contributed by atoms with Crippen LogP contribution in [0.4, 0.5) is 5.82 Å². The lowest BCUT2D eigenvalue weighted by Gasteiger charge is -2.33. The molecule has 0 amide bonds. The number of ether oxygens (including phenoxy) is 1. The molecule has 0 saturated carbocycles. The molecule has 0 bridgehead atoms. The zero-order chi connectivity index (χ0) is 16.4. The number of rotatable bonds is 4. The summed E-state index contributed by atoms with van der Waals surface area (Å²) in [5, 5.41) is 1.64. The number of anilines is 1. The van der Waals surface area contributed by atoms with Crippen LogP contribution >= 0.6 is 11.6 Å². The number of fused-ring (bicyclic) bond motifs is 1. The number of furan rings is 1. The molecule has 3 aromatic heterocycles. The van der Waals surface area contributed by atoms with Crippen LogP contribution in [-0.2, 0) is 0 Å². The lowest BCUT2D eigenvalue weighted by Crippen LogP contribution is -2.36. The molecule has 0 N–H and O–H groups in total. The van der Waals surface area contributed by atoms with E-state index >= 15 is 0 Å². The molecule has 4 heterocycles. The maximum atomic E-state index is 6.08. The fraction of sp³-hybridized carbons (Fsp3) is 0.333. The van der Waals surface area contributed by atoms with Gasteiger partial charge in [-0.2, -0.15) is 0 Å². The van der Waals surface area contributed by atoms with Crippen molar-refractivity contribution in [1.82, 2.24) is 9.97 Å². The Balaban J connectivity index is 1.37. The van der Waals surface area contributed by atoms with E-state index in [9.17, 15) is 0 Å². The van der Waals surface area contributed by atoms with Crippen LogP contribution in [0.2, 0.25) is 5.02 Å². The molecule has 3 aromatic rings. The molecule has 1 aliphatic rings. The van der Waals surface area contributed by atoms with Crippen molar-refractivity contribution in [2.24, 2.45) is 5.92 Å². The van der Waals surface area contributed by atoms with E-state index in [1.807, 2.05) is 18.3 Å². The van der Waals surface area contributed by atoms with Gasteiger partial charge >= 0.3 is 0 Å². The molecular weight excluding hydrogens is 326 g/mol. The number of piperidine rings is 1. The molecule has 1 aliphatic heterocycles. The first-order valence-corrected chi connectivity index (χ1v) is 8.48. The summed E-state index contributed by atoms with van der Waals surface area (Å²) in [7, 11) is 0. The predicted molar refractivity (Wildman–Crippen MR) is 93.7 cm³/mol. The number of halogens is 1. The summed E-state index contributed by atoms with van der Waals surface area (Å²) in [6, 6.07) is 5.69. The fourth-order valence-electron chi connectivity index (χ4n) is 3.13. The van der Waals surface area contributed by atoms with E-state index in [0.717, 1.165) is 42.7 Å². The third kappa shape index (κ3) is 3.04. The molecule has 0 unspecified atom stereocenters. The second-order valence-electron chi connectivity index (χ2n) is 6.01. The van der Waals surface area contributed by atoms with Gasteiger partial charge in [0.05, 0.1) is 18.3 Å². The second-order valence-corrected chi connectivity index (χ2v) is 6.42. The lowest BCUT2D eigenvalue weighted by molar-refractivity contribution is 0.222. The molecule has 24 heavy (non-hydrogen) atoms. The Kier molecular flexibility index (Phi) is 4.26. The van der Waals surface area contributed by atoms with Crippen LogP contribution in [0.25, 0.3) is 11.0 Å². The average molecular weight is 344 g/mol. The molecule has 0 aromatic carbocycles. The van der Waals surface area contributed by atoms with Gasteiger partial charge in [0.2, 0.25) is 0 Å². The summed E-state index contributed by atoms with van der Waals surface area (Å²) in [6.07, 6.45) is 8.96. The van der Waals surface area contributed by atoms with Gasteiger partial charge in [0.15, 0.2) is 0 Å². The van der Waals surface area contributed by atoms with Gasteiger partial charge in [-0.05, 0) is 30.9 Å².